The van der Waals surface area contributed by atoms with Crippen molar-refractivity contribution in [2.75, 3.05) is 13.7 Å². The number of likely N-dealkylation sites (N-methyl/N-ethyl adjacent to an activating group) is 1. The highest BCUT2D eigenvalue weighted by Gasteiger charge is 2.31. The average Bonchev–Trinajstić information content (AvgIpc) is 3.15. The predicted molar refractivity (Wildman–Crippen MR) is 107 cm³/mol. The summed E-state index contributed by atoms with van der Waals surface area (Å²) in [5.74, 6) is -1.20. The topological polar surface area (TPSA) is 78.2 Å². The molecule has 1 aliphatic heterocycles. The van der Waals surface area contributed by atoms with Gasteiger partial charge in [0.05, 0.1) is 24.6 Å². The molecule has 0 spiro atoms. The van der Waals surface area contributed by atoms with E-state index in [4.69, 9.17) is 4.74 Å². The van der Waals surface area contributed by atoms with Gasteiger partial charge in [-0.15, -0.1) is 0 Å². The lowest BCUT2D eigenvalue weighted by atomic mass is 9.95. The SMILES string of the molecule is CN(C(=O)c1cc2cc(F)ccc2[nH]1)C1COCc2[nH]c(=O)c3cc(F)ccc3c21. The maximum Gasteiger partial charge on any atom is 0.270 e. The van der Waals surface area contributed by atoms with Gasteiger partial charge in [0, 0.05) is 29.2 Å². The summed E-state index contributed by atoms with van der Waals surface area (Å²) < 4.78 is 32.8. The highest BCUT2D eigenvalue weighted by molar-refractivity contribution is 5.98. The van der Waals surface area contributed by atoms with Crippen molar-refractivity contribution in [3.8, 4) is 0 Å². The van der Waals surface area contributed by atoms with Gasteiger partial charge in [0.2, 0.25) is 0 Å². The van der Waals surface area contributed by atoms with Crippen molar-refractivity contribution in [2.24, 2.45) is 0 Å². The van der Waals surface area contributed by atoms with Gasteiger partial charge >= 0.3 is 0 Å². The standard InChI is InChI=1S/C22H17F2N3O3/c1-27(22(29)17-7-11-6-12(23)3-5-16(11)25-17)19-10-30-9-18-20(19)14-4-2-13(24)8-15(14)21(28)26-18/h2-8,19,25H,9-10H2,1H3,(H,26,28). The Morgan fingerprint density at radius 2 is 1.83 bits per heavy atom. The van der Waals surface area contributed by atoms with Crippen molar-refractivity contribution in [3.05, 3.63) is 81.4 Å². The molecule has 6 nitrogen and oxygen atoms in total. The number of carbonyl (C=O) groups excluding carboxylic acids is 1. The summed E-state index contributed by atoms with van der Waals surface area (Å²) in [7, 11) is 1.64. The van der Waals surface area contributed by atoms with Crippen LogP contribution in [0.4, 0.5) is 8.78 Å². The summed E-state index contributed by atoms with van der Waals surface area (Å²) in [6.07, 6.45) is 0. The van der Waals surface area contributed by atoms with Gasteiger partial charge in [-0.05, 0) is 41.8 Å². The maximum absolute atomic E-state index is 13.7. The molecular weight excluding hydrogens is 392 g/mol. The molecule has 4 aromatic rings. The Balaban J connectivity index is 1.59. The number of hydrogen-bond donors (Lipinski definition) is 2. The first-order chi connectivity index (χ1) is 14.4. The molecule has 0 radical (unpaired) electrons. The zero-order chi connectivity index (χ0) is 21.0. The largest absolute Gasteiger partial charge is 0.373 e. The number of H-pyrrole nitrogens is 2. The second kappa shape index (κ2) is 6.77. The van der Waals surface area contributed by atoms with E-state index in [0.717, 1.165) is 5.56 Å². The van der Waals surface area contributed by atoms with Gasteiger partial charge in [0.15, 0.2) is 0 Å². The fourth-order valence-electron chi connectivity index (χ4n) is 4.08. The Morgan fingerprint density at radius 3 is 2.67 bits per heavy atom. The summed E-state index contributed by atoms with van der Waals surface area (Å²) in [4.78, 5) is 32.8. The predicted octanol–water partition coefficient (Wildman–Crippen LogP) is 3.63. The van der Waals surface area contributed by atoms with Gasteiger partial charge in [-0.1, -0.05) is 6.07 Å². The molecule has 1 amide bonds. The molecule has 0 aliphatic carbocycles. The first-order valence-electron chi connectivity index (χ1n) is 9.40. The lowest BCUT2D eigenvalue weighted by Gasteiger charge is -2.33. The molecule has 2 N–H and O–H groups in total. The van der Waals surface area contributed by atoms with Crippen LogP contribution in [0.3, 0.4) is 0 Å². The Labute approximate surface area is 169 Å². The zero-order valence-corrected chi connectivity index (χ0v) is 16.0. The summed E-state index contributed by atoms with van der Waals surface area (Å²) in [6.45, 7) is 0.421. The van der Waals surface area contributed by atoms with Gasteiger partial charge in [0.25, 0.3) is 11.5 Å². The number of ether oxygens (including phenoxy) is 1. The number of nitrogens with one attached hydrogen (secondary N) is 2. The van der Waals surface area contributed by atoms with Gasteiger partial charge in [-0.25, -0.2) is 8.78 Å². The normalized spacial score (nSPS) is 16.0. The van der Waals surface area contributed by atoms with Crippen LogP contribution in [0.1, 0.15) is 27.8 Å². The molecular formula is C22H17F2N3O3. The van der Waals surface area contributed by atoms with Crippen LogP contribution in [0.2, 0.25) is 0 Å². The number of aromatic amines is 2. The summed E-state index contributed by atoms with van der Waals surface area (Å²) >= 11 is 0. The van der Waals surface area contributed by atoms with Crippen LogP contribution >= 0.6 is 0 Å². The molecule has 1 aliphatic rings. The number of amides is 1. The molecule has 1 atom stereocenters. The number of pyridine rings is 1. The van der Waals surface area contributed by atoms with E-state index in [-0.39, 0.29) is 30.3 Å². The molecule has 0 saturated heterocycles. The van der Waals surface area contributed by atoms with E-state index >= 15 is 0 Å². The van der Waals surface area contributed by atoms with E-state index in [9.17, 15) is 18.4 Å². The molecule has 152 valence electrons. The van der Waals surface area contributed by atoms with Crippen molar-refractivity contribution in [3.63, 3.8) is 0 Å². The number of halogens is 2. The molecule has 2 aromatic heterocycles. The lowest BCUT2D eigenvalue weighted by Crippen LogP contribution is -2.37. The van der Waals surface area contributed by atoms with Gasteiger partial charge in [0.1, 0.15) is 17.3 Å². The van der Waals surface area contributed by atoms with Crippen molar-refractivity contribution in [2.45, 2.75) is 12.6 Å². The molecule has 1 unspecified atom stereocenters. The van der Waals surface area contributed by atoms with Gasteiger partial charge in [-0.2, -0.15) is 0 Å². The van der Waals surface area contributed by atoms with Crippen LogP contribution < -0.4 is 5.56 Å². The van der Waals surface area contributed by atoms with Crippen LogP contribution in [-0.4, -0.2) is 34.4 Å². The Kier molecular flexibility index (Phi) is 4.18. The van der Waals surface area contributed by atoms with E-state index in [1.807, 2.05) is 0 Å². The van der Waals surface area contributed by atoms with Crippen molar-refractivity contribution >= 4 is 27.6 Å². The third-order valence-corrected chi connectivity index (χ3v) is 5.56. The van der Waals surface area contributed by atoms with Crippen LogP contribution in [0, 0.1) is 11.6 Å². The smallest absolute Gasteiger partial charge is 0.270 e. The Morgan fingerprint density at radius 1 is 1.07 bits per heavy atom. The number of carbonyl (C=O) groups is 1. The molecule has 30 heavy (non-hydrogen) atoms. The summed E-state index contributed by atoms with van der Waals surface area (Å²) in [5.41, 5.74) is 1.85. The van der Waals surface area contributed by atoms with E-state index in [0.29, 0.717) is 27.7 Å². The second-order valence-electron chi connectivity index (χ2n) is 7.40. The highest BCUT2D eigenvalue weighted by Crippen LogP contribution is 2.33. The van der Waals surface area contributed by atoms with Crippen LogP contribution in [0.25, 0.3) is 21.7 Å². The number of fused-ring (bicyclic) bond motifs is 4. The zero-order valence-electron chi connectivity index (χ0n) is 16.0. The molecule has 0 fully saturated rings. The molecule has 0 bridgehead atoms. The molecule has 0 saturated carbocycles. The number of rotatable bonds is 2. The van der Waals surface area contributed by atoms with Gasteiger partial charge < -0.3 is 19.6 Å². The monoisotopic (exact) mass is 409 g/mol. The Hall–Kier alpha value is -3.52. The number of benzene rings is 2. The fraction of sp³-hybridized carbons (Fsp3) is 0.182. The molecule has 5 rings (SSSR count). The van der Waals surface area contributed by atoms with Crippen LogP contribution in [0.15, 0.2) is 47.3 Å². The van der Waals surface area contributed by atoms with E-state index in [1.54, 1.807) is 25.2 Å². The first kappa shape index (κ1) is 18.5. The maximum atomic E-state index is 13.7. The number of nitrogens with zero attached hydrogens (tertiary/aromatic N) is 1. The number of aromatic nitrogens is 2. The van der Waals surface area contributed by atoms with E-state index in [1.165, 1.54) is 29.2 Å². The van der Waals surface area contributed by atoms with Crippen LogP contribution in [0.5, 0.6) is 0 Å². The van der Waals surface area contributed by atoms with Gasteiger partial charge in [-0.3, -0.25) is 9.59 Å². The third kappa shape index (κ3) is 2.88. The molecule has 3 heterocycles. The quantitative estimate of drug-likeness (QED) is 0.531. The average molecular weight is 409 g/mol. The summed E-state index contributed by atoms with van der Waals surface area (Å²) in [5, 5.41) is 1.40. The van der Waals surface area contributed by atoms with Crippen molar-refractivity contribution < 1.29 is 18.3 Å². The van der Waals surface area contributed by atoms with E-state index < -0.39 is 17.4 Å². The fourth-order valence-corrected chi connectivity index (χ4v) is 4.08. The number of hydrogen-bond acceptors (Lipinski definition) is 3. The minimum atomic E-state index is -0.508. The minimum absolute atomic E-state index is 0.197. The first-order valence-corrected chi connectivity index (χ1v) is 9.40. The minimum Gasteiger partial charge on any atom is -0.373 e. The highest BCUT2D eigenvalue weighted by atomic mass is 19.1. The Bertz CT molecular complexity index is 1380. The van der Waals surface area contributed by atoms with E-state index in [2.05, 4.69) is 9.97 Å². The van der Waals surface area contributed by atoms with Crippen LogP contribution in [-0.2, 0) is 11.3 Å². The second-order valence-corrected chi connectivity index (χ2v) is 7.40. The molecule has 8 heteroatoms. The third-order valence-electron chi connectivity index (χ3n) is 5.56. The summed E-state index contributed by atoms with van der Waals surface area (Å²) in [6, 6.07) is 9.40. The van der Waals surface area contributed by atoms with Crippen molar-refractivity contribution in [1.82, 2.24) is 14.9 Å². The molecule has 2 aromatic carbocycles. The van der Waals surface area contributed by atoms with Crippen molar-refractivity contribution in [1.29, 1.82) is 0 Å². The lowest BCUT2D eigenvalue weighted by molar-refractivity contribution is 0.0333.